The Morgan fingerprint density at radius 1 is 0.509 bits per heavy atom. The number of amides is 1. The maximum Gasteiger partial charge on any atom is 0.347 e. The number of primary sulfonamides is 1. The molecule has 0 bridgehead atoms. The van der Waals surface area contributed by atoms with E-state index >= 15 is 0 Å². The average Bonchev–Trinajstić information content (AvgIpc) is 1.03. The number of aliphatic carboxylic acids is 3. The molecule has 31 heteroatoms. The summed E-state index contributed by atoms with van der Waals surface area (Å²) in [6.45, 7) is 51.3. The minimum absolute atomic E-state index is 0.0234. The molecule has 1 fully saturated rings. The van der Waals surface area contributed by atoms with Crippen molar-refractivity contribution in [3.8, 4) is 0 Å². The molecule has 1 aliphatic heterocycles. The number of carbonyl (C=O) groups excluding carboxylic acids is 7. The second-order valence-electron chi connectivity index (χ2n) is 28.6. The van der Waals surface area contributed by atoms with Crippen LogP contribution < -0.4 is 10.5 Å². The molecule has 0 spiro atoms. The predicted molar refractivity (Wildman–Crippen MR) is 397 cm³/mol. The van der Waals surface area contributed by atoms with E-state index in [0.29, 0.717) is 90.1 Å². The van der Waals surface area contributed by atoms with Gasteiger partial charge in [0.15, 0.2) is 0 Å². The summed E-state index contributed by atoms with van der Waals surface area (Å²) in [5.41, 5.74) is -1.89. The Balaban J connectivity index is -0.000000378. The van der Waals surface area contributed by atoms with Crippen LogP contribution in [0.25, 0.3) is 0 Å². The first kappa shape index (κ1) is 108. The number of carboxylic acids is 3. The van der Waals surface area contributed by atoms with Crippen LogP contribution in [0.4, 0.5) is 5.69 Å². The van der Waals surface area contributed by atoms with Crippen molar-refractivity contribution >= 4 is 75.3 Å². The number of sulfonamides is 1. The van der Waals surface area contributed by atoms with Crippen molar-refractivity contribution in [2.75, 3.05) is 91.2 Å². The third-order valence-electron chi connectivity index (χ3n) is 16.4. The summed E-state index contributed by atoms with van der Waals surface area (Å²) in [6, 6.07) is 5.76. The van der Waals surface area contributed by atoms with Gasteiger partial charge in [-0.25, -0.2) is 47.7 Å². The Morgan fingerprint density at radius 3 is 1.12 bits per heavy atom. The van der Waals surface area contributed by atoms with Crippen LogP contribution in [0, 0.1) is 37.9 Å². The molecule has 2 rings (SSSR count). The Bertz CT molecular complexity index is 2790. The quantitative estimate of drug-likeness (QED) is 0.0101. The molecule has 0 radical (unpaired) electrons. The van der Waals surface area contributed by atoms with E-state index in [4.69, 9.17) is 82.9 Å². The zero-order valence-electron chi connectivity index (χ0n) is 67.6. The molecule has 1 aromatic rings. The van der Waals surface area contributed by atoms with Gasteiger partial charge in [0.2, 0.25) is 22.0 Å². The molecule has 1 aliphatic rings. The zero-order valence-corrected chi connectivity index (χ0v) is 68.4. The fraction of sp³-hybridized carbons (Fsp3) is 0.733. The summed E-state index contributed by atoms with van der Waals surface area (Å²) in [4.78, 5) is 140. The molecule has 1 unspecified atom stereocenters. The first-order valence-electron chi connectivity index (χ1n) is 35.6. The van der Waals surface area contributed by atoms with Crippen LogP contribution >= 0.6 is 0 Å². The van der Waals surface area contributed by atoms with E-state index in [0.717, 1.165) is 18.4 Å². The van der Waals surface area contributed by atoms with E-state index in [-0.39, 0.29) is 106 Å². The van der Waals surface area contributed by atoms with Crippen molar-refractivity contribution in [1.82, 2.24) is 0 Å². The van der Waals surface area contributed by atoms with Crippen LogP contribution in [-0.4, -0.2) is 175 Å². The van der Waals surface area contributed by atoms with Gasteiger partial charge in [0.05, 0.1) is 70.4 Å². The zero-order chi connectivity index (χ0) is 83.2. The molecule has 0 aromatic heterocycles. The number of anilines is 1. The highest BCUT2D eigenvalue weighted by Gasteiger charge is 2.36. The van der Waals surface area contributed by atoms with E-state index in [1.807, 2.05) is 125 Å². The normalized spacial score (nSPS) is 12.8. The SMILES string of the molecule is C=C(C)COOCCOC(=O)C(C)(C)CC.C=CCOCCOC(=O)C(C)(C)CC.CCC(C)(C)C(=O)Nc1ccc(S(N)(=O)=O)cc1.CCC(C)(C)C(=O)O.CCC(C)(C)C(=O)OC1CCOC1=O.CCC(C)(C)C(=O)OCCOOCCCC(=O)O.CCC(C)(C)C(=O)OCCOOCCCC(=O)O. The lowest BCUT2D eigenvalue weighted by Crippen LogP contribution is -2.32. The molecular weight excluding hydrogens is 1410 g/mol. The number of hydrogen-bond acceptors (Lipinski definition) is 25. The molecule has 106 heavy (non-hydrogen) atoms. The maximum atomic E-state index is 11.9. The van der Waals surface area contributed by atoms with E-state index in [2.05, 4.69) is 18.5 Å². The molecule has 616 valence electrons. The molecule has 6 N–H and O–H groups in total. The van der Waals surface area contributed by atoms with E-state index in [9.17, 15) is 56.4 Å². The van der Waals surface area contributed by atoms with Crippen molar-refractivity contribution in [2.45, 2.75) is 240 Å². The van der Waals surface area contributed by atoms with Gasteiger partial charge in [0, 0.05) is 30.4 Å². The second-order valence-corrected chi connectivity index (χ2v) is 30.1. The van der Waals surface area contributed by atoms with Crippen molar-refractivity contribution in [1.29, 1.82) is 0 Å². The van der Waals surface area contributed by atoms with Gasteiger partial charge in [-0.1, -0.05) is 80.5 Å². The summed E-state index contributed by atoms with van der Waals surface area (Å²) in [6.07, 6.45) is 7.34. The van der Waals surface area contributed by atoms with Crippen LogP contribution in [0.3, 0.4) is 0 Å². The summed E-state index contributed by atoms with van der Waals surface area (Å²) in [7, 11) is -3.69. The lowest BCUT2D eigenvalue weighted by atomic mass is 9.89. The van der Waals surface area contributed by atoms with Crippen molar-refractivity contribution in [3.05, 3.63) is 49.1 Å². The third kappa shape index (κ3) is 54.6. The minimum atomic E-state index is -3.69. The van der Waals surface area contributed by atoms with Crippen LogP contribution in [-0.2, 0) is 120 Å². The second kappa shape index (κ2) is 57.2. The standard InChI is InChI=1S/C12H18N2O3S.2C12H22O6.C12H22O4.C11H20O3.C10H16O4.C6H12O2/c1-4-12(2,3)11(15)14-9-5-7-10(8-6-9)18(13,16)17;2*1-4-12(2,3)11(15)16-8-9-18-17-7-5-6-10(13)14;1-6-12(4,5)11(13)14-7-8-15-16-9-10(2)3;1-5-7-13-8-9-14-10(12)11(3,4)6-2;1-4-10(2,3)9(12)14-7-5-6-13-8(7)11;1-4-6(2,3)5(7)8/h5-8H,4H2,1-3H3,(H,14,15)(H2,13,16,17);2*4-9H2,1-3H3,(H,13,14);2,6-9H2,1,3-5H3;5H,1,6-9H2,2-4H3;7H,4-6H2,1-3H3;4H2,1-3H3,(H,7,8). The van der Waals surface area contributed by atoms with Crippen LogP contribution in [0.2, 0.25) is 0 Å². The van der Waals surface area contributed by atoms with Gasteiger partial charge in [0.25, 0.3) is 0 Å². The van der Waals surface area contributed by atoms with E-state index in [1.165, 1.54) is 24.3 Å². The van der Waals surface area contributed by atoms with Crippen LogP contribution in [0.15, 0.2) is 54.0 Å². The van der Waals surface area contributed by atoms with Crippen molar-refractivity contribution in [3.63, 3.8) is 0 Å². The van der Waals surface area contributed by atoms with Gasteiger partial charge in [0.1, 0.15) is 52.9 Å². The minimum Gasteiger partial charge on any atom is -0.481 e. The van der Waals surface area contributed by atoms with E-state index < -0.39 is 77.9 Å². The average molecular weight is 1540 g/mol. The first-order valence-corrected chi connectivity index (χ1v) is 37.2. The Morgan fingerprint density at radius 2 is 0.840 bits per heavy atom. The predicted octanol–water partition coefficient (Wildman–Crippen LogP) is 12.7. The molecule has 0 saturated carbocycles. The van der Waals surface area contributed by atoms with Crippen LogP contribution in [0.1, 0.15) is 229 Å². The number of esters is 6. The number of benzene rings is 1. The Hall–Kier alpha value is -6.97. The lowest BCUT2D eigenvalue weighted by Gasteiger charge is -2.21. The number of nitrogens with two attached hydrogens (primary N) is 1. The van der Waals surface area contributed by atoms with Gasteiger partial charge < -0.3 is 53.8 Å². The first-order chi connectivity index (χ1) is 48.9. The maximum absolute atomic E-state index is 11.9. The number of cyclic esters (lactones) is 1. The fourth-order valence-corrected chi connectivity index (χ4v) is 6.10. The largest absolute Gasteiger partial charge is 0.481 e. The number of ether oxygens (including phenoxy) is 7. The highest BCUT2D eigenvalue weighted by atomic mass is 32.2. The fourth-order valence-electron chi connectivity index (χ4n) is 5.58. The molecule has 1 heterocycles. The molecule has 0 aliphatic carbocycles. The van der Waals surface area contributed by atoms with Gasteiger partial charge in [-0.05, 0) is 172 Å². The van der Waals surface area contributed by atoms with Gasteiger partial charge in [-0.2, -0.15) is 0 Å². The molecule has 1 amide bonds. The highest BCUT2D eigenvalue weighted by molar-refractivity contribution is 7.89. The summed E-state index contributed by atoms with van der Waals surface area (Å²) < 4.78 is 57.1. The summed E-state index contributed by atoms with van der Waals surface area (Å²) in [5, 5.41) is 32.9. The van der Waals surface area contributed by atoms with Crippen molar-refractivity contribution in [2.24, 2.45) is 43.0 Å². The third-order valence-corrected chi connectivity index (χ3v) is 17.3. The number of nitrogens with one attached hydrogen (secondary N) is 1. The molecule has 1 saturated heterocycles. The topological polar surface area (TPSA) is 424 Å². The summed E-state index contributed by atoms with van der Waals surface area (Å²) in [5.74, 6) is -4.22. The Kier molecular flexibility index (Phi) is 58.1. The summed E-state index contributed by atoms with van der Waals surface area (Å²) >= 11 is 0. The van der Waals surface area contributed by atoms with Crippen LogP contribution in [0.5, 0.6) is 0 Å². The number of rotatable bonds is 44. The smallest absolute Gasteiger partial charge is 0.347 e. The number of carbonyl (C=O) groups is 10. The Labute approximate surface area is 630 Å². The monoisotopic (exact) mass is 1540 g/mol. The van der Waals surface area contributed by atoms with Gasteiger partial charge in [-0.3, -0.25) is 43.2 Å². The van der Waals surface area contributed by atoms with Gasteiger partial charge >= 0.3 is 53.7 Å². The molecule has 30 nitrogen and oxygen atoms in total. The molecule has 1 aromatic carbocycles. The highest BCUT2D eigenvalue weighted by Crippen LogP contribution is 2.27. The molecular formula is C75H132N2O28S. The number of hydrogen-bond donors (Lipinski definition) is 5. The van der Waals surface area contributed by atoms with E-state index in [1.54, 1.807) is 33.8 Å². The molecule has 1 atom stereocenters. The number of carboxylic acid groups (broad SMARTS) is 3. The van der Waals surface area contributed by atoms with Gasteiger partial charge in [-0.15, -0.1) is 6.58 Å². The lowest BCUT2D eigenvalue weighted by molar-refractivity contribution is -0.298. The van der Waals surface area contributed by atoms with Crippen molar-refractivity contribution < 1.29 is 134 Å².